The highest BCUT2D eigenvalue weighted by Crippen LogP contribution is 2.48. The quantitative estimate of drug-likeness (QED) is 0.831. The molecule has 0 radical (unpaired) electrons. The fourth-order valence-electron chi connectivity index (χ4n) is 2.84. The molecule has 0 aromatic heterocycles. The Labute approximate surface area is 138 Å². The summed E-state index contributed by atoms with van der Waals surface area (Å²) in [6, 6.07) is 4.92. The highest BCUT2D eigenvalue weighted by molar-refractivity contribution is 5.82. The van der Waals surface area contributed by atoms with Gasteiger partial charge in [0.2, 0.25) is 5.91 Å². The van der Waals surface area contributed by atoms with Gasteiger partial charge in [-0.3, -0.25) is 4.79 Å². The van der Waals surface area contributed by atoms with Gasteiger partial charge in [-0.1, -0.05) is 19.1 Å². The van der Waals surface area contributed by atoms with Gasteiger partial charge in [-0.15, -0.1) is 0 Å². The van der Waals surface area contributed by atoms with Gasteiger partial charge in [0.15, 0.2) is 0 Å². The number of alkyl halides is 3. The first-order valence-electron chi connectivity index (χ1n) is 7.75. The molecule has 0 spiro atoms. The molecule has 0 saturated heterocycles. The molecular formula is C17H22F3NO3. The van der Waals surface area contributed by atoms with Crippen molar-refractivity contribution in [2.45, 2.75) is 25.4 Å². The highest BCUT2D eigenvalue weighted by atomic mass is 19.4. The van der Waals surface area contributed by atoms with Gasteiger partial charge < -0.3 is 15.1 Å². The fourth-order valence-corrected chi connectivity index (χ4v) is 2.84. The van der Waals surface area contributed by atoms with Crippen LogP contribution in [-0.4, -0.2) is 47.8 Å². The van der Waals surface area contributed by atoms with Crippen molar-refractivity contribution in [2.24, 2.45) is 11.3 Å². The molecule has 1 amide bonds. The van der Waals surface area contributed by atoms with Gasteiger partial charge >= 0.3 is 6.18 Å². The molecule has 2 atom stereocenters. The number of halogens is 3. The van der Waals surface area contributed by atoms with Crippen LogP contribution in [0.25, 0.3) is 0 Å². The van der Waals surface area contributed by atoms with Crippen LogP contribution in [0.5, 0.6) is 0 Å². The summed E-state index contributed by atoms with van der Waals surface area (Å²) < 4.78 is 37.7. The summed E-state index contributed by atoms with van der Waals surface area (Å²) in [4.78, 5) is 13.9. The summed E-state index contributed by atoms with van der Waals surface area (Å²) in [6.45, 7) is 1.41. The van der Waals surface area contributed by atoms with Crippen molar-refractivity contribution < 1.29 is 28.2 Å². The van der Waals surface area contributed by atoms with Crippen molar-refractivity contribution in [1.82, 2.24) is 4.90 Å². The predicted octanol–water partition coefficient (Wildman–Crippen LogP) is 2.26. The molecule has 1 aromatic carbocycles. The second-order valence-electron chi connectivity index (χ2n) is 6.89. The van der Waals surface area contributed by atoms with Crippen molar-refractivity contribution >= 4 is 5.91 Å². The lowest BCUT2D eigenvalue weighted by molar-refractivity contribution is -0.137. The number of aliphatic hydroxyl groups is 2. The fraction of sp³-hybridized carbons (Fsp3) is 0.588. The van der Waals surface area contributed by atoms with Crippen LogP contribution in [0.4, 0.5) is 13.2 Å². The van der Waals surface area contributed by atoms with E-state index in [1.54, 1.807) is 14.0 Å². The number of nitrogens with zero attached hydrogens (tertiary/aromatic N) is 1. The van der Waals surface area contributed by atoms with Gasteiger partial charge in [0.1, 0.15) is 0 Å². The van der Waals surface area contributed by atoms with Crippen LogP contribution in [0, 0.1) is 11.3 Å². The van der Waals surface area contributed by atoms with Crippen molar-refractivity contribution in [3.8, 4) is 0 Å². The Morgan fingerprint density at radius 3 is 2.21 bits per heavy atom. The minimum Gasteiger partial charge on any atom is -0.396 e. The lowest BCUT2D eigenvalue weighted by atomic mass is 9.92. The SMILES string of the molecule is CN(CC(C)(CO)CO)C(=O)C1CC1c1ccc(C(F)(F)F)cc1. The molecule has 1 fully saturated rings. The van der Waals surface area contributed by atoms with Crippen LogP contribution >= 0.6 is 0 Å². The van der Waals surface area contributed by atoms with Gasteiger partial charge in [0.05, 0.1) is 18.8 Å². The first-order valence-corrected chi connectivity index (χ1v) is 7.75. The van der Waals surface area contributed by atoms with Crippen LogP contribution in [0.2, 0.25) is 0 Å². The van der Waals surface area contributed by atoms with E-state index in [9.17, 15) is 28.2 Å². The Hall–Kier alpha value is -1.60. The van der Waals surface area contributed by atoms with Crippen molar-refractivity contribution in [2.75, 3.05) is 26.8 Å². The number of rotatable bonds is 6. The van der Waals surface area contributed by atoms with E-state index in [0.717, 1.165) is 17.7 Å². The van der Waals surface area contributed by atoms with Crippen molar-refractivity contribution in [3.05, 3.63) is 35.4 Å². The first-order chi connectivity index (χ1) is 11.1. The summed E-state index contributed by atoms with van der Waals surface area (Å²) in [6.07, 6.45) is -3.76. The summed E-state index contributed by atoms with van der Waals surface area (Å²) >= 11 is 0. The van der Waals surface area contributed by atoms with Crippen molar-refractivity contribution in [3.63, 3.8) is 0 Å². The van der Waals surface area contributed by atoms with E-state index < -0.39 is 17.2 Å². The molecule has 2 N–H and O–H groups in total. The van der Waals surface area contributed by atoms with Gasteiger partial charge in [-0.2, -0.15) is 13.2 Å². The zero-order valence-corrected chi connectivity index (χ0v) is 13.7. The lowest BCUT2D eigenvalue weighted by Gasteiger charge is -2.30. The van der Waals surface area contributed by atoms with Crippen molar-refractivity contribution in [1.29, 1.82) is 0 Å². The summed E-state index contributed by atoms with van der Waals surface area (Å²) in [5.74, 6) is -0.446. The molecule has 1 saturated carbocycles. The number of benzene rings is 1. The lowest BCUT2D eigenvalue weighted by Crippen LogP contribution is -2.42. The number of carbonyl (C=O) groups excluding carboxylic acids is 1. The molecule has 1 aliphatic carbocycles. The predicted molar refractivity (Wildman–Crippen MR) is 82.2 cm³/mol. The Morgan fingerprint density at radius 2 is 1.75 bits per heavy atom. The number of hydrogen-bond donors (Lipinski definition) is 2. The summed E-state index contributed by atoms with van der Waals surface area (Å²) in [5.41, 5.74) is -0.751. The van der Waals surface area contributed by atoms with Crippen LogP contribution in [-0.2, 0) is 11.0 Å². The first kappa shape index (κ1) is 18.7. The van der Waals surface area contributed by atoms with E-state index >= 15 is 0 Å². The molecule has 24 heavy (non-hydrogen) atoms. The van der Waals surface area contributed by atoms with Crippen LogP contribution in [0.3, 0.4) is 0 Å². The van der Waals surface area contributed by atoms with Gasteiger partial charge in [0, 0.05) is 24.9 Å². The normalized spacial score (nSPS) is 20.8. The Kier molecular flexibility index (Phi) is 5.25. The molecule has 0 aliphatic heterocycles. The van der Waals surface area contributed by atoms with E-state index in [-0.39, 0.29) is 37.5 Å². The van der Waals surface area contributed by atoms with E-state index in [4.69, 9.17) is 0 Å². The monoisotopic (exact) mass is 345 g/mol. The summed E-state index contributed by atoms with van der Waals surface area (Å²) in [5, 5.41) is 18.6. The average Bonchev–Trinajstić information content (AvgIpc) is 3.33. The Morgan fingerprint density at radius 1 is 1.21 bits per heavy atom. The molecule has 2 unspecified atom stereocenters. The van der Waals surface area contributed by atoms with E-state index in [2.05, 4.69) is 0 Å². The zero-order valence-electron chi connectivity index (χ0n) is 13.7. The number of aliphatic hydroxyl groups excluding tert-OH is 2. The summed E-state index contributed by atoms with van der Waals surface area (Å²) in [7, 11) is 1.61. The molecular weight excluding hydrogens is 323 g/mol. The molecule has 0 bridgehead atoms. The zero-order chi connectivity index (χ0) is 18.1. The number of carbonyl (C=O) groups is 1. The van der Waals surface area contributed by atoms with Gasteiger partial charge in [0.25, 0.3) is 0 Å². The Bertz CT molecular complexity index is 582. The molecule has 1 aliphatic rings. The standard InChI is InChI=1S/C17H22F3NO3/c1-16(9-22,10-23)8-21(2)15(24)14-7-13(14)11-3-5-12(6-4-11)17(18,19)20/h3-6,13-14,22-23H,7-10H2,1-2H3. The smallest absolute Gasteiger partial charge is 0.396 e. The van der Waals surface area contributed by atoms with E-state index in [1.807, 2.05) is 0 Å². The number of hydrogen-bond acceptors (Lipinski definition) is 3. The van der Waals surface area contributed by atoms with Crippen LogP contribution < -0.4 is 0 Å². The third-order valence-electron chi connectivity index (χ3n) is 4.53. The maximum atomic E-state index is 12.6. The van der Waals surface area contributed by atoms with Crippen LogP contribution in [0.1, 0.15) is 30.4 Å². The molecule has 134 valence electrons. The van der Waals surface area contributed by atoms with Crippen LogP contribution in [0.15, 0.2) is 24.3 Å². The highest BCUT2D eigenvalue weighted by Gasteiger charge is 2.46. The number of amides is 1. The maximum Gasteiger partial charge on any atom is 0.416 e. The van der Waals surface area contributed by atoms with Gasteiger partial charge in [-0.25, -0.2) is 0 Å². The molecule has 7 heteroatoms. The molecule has 1 aromatic rings. The van der Waals surface area contributed by atoms with E-state index in [1.165, 1.54) is 17.0 Å². The average molecular weight is 345 g/mol. The molecule has 0 heterocycles. The second-order valence-corrected chi connectivity index (χ2v) is 6.89. The maximum absolute atomic E-state index is 12.6. The largest absolute Gasteiger partial charge is 0.416 e. The minimum atomic E-state index is -4.36. The second kappa shape index (κ2) is 6.72. The molecule has 4 nitrogen and oxygen atoms in total. The topological polar surface area (TPSA) is 60.8 Å². The third kappa shape index (κ3) is 4.08. The van der Waals surface area contributed by atoms with E-state index in [0.29, 0.717) is 6.42 Å². The third-order valence-corrected chi connectivity index (χ3v) is 4.53. The van der Waals surface area contributed by atoms with Gasteiger partial charge in [-0.05, 0) is 30.0 Å². The Balaban J connectivity index is 1.98. The molecule has 2 rings (SSSR count). The minimum absolute atomic E-state index is 0.0725.